The van der Waals surface area contributed by atoms with Crippen LogP contribution in [-0.4, -0.2) is 82.0 Å². The van der Waals surface area contributed by atoms with Crippen molar-refractivity contribution >= 4 is 10.0 Å². The predicted octanol–water partition coefficient (Wildman–Crippen LogP) is 0.567. The molecular weight excluding hydrogens is 344 g/mol. The minimum absolute atomic E-state index is 0.0374. The van der Waals surface area contributed by atoms with E-state index in [0.717, 1.165) is 5.56 Å². The van der Waals surface area contributed by atoms with Gasteiger partial charge in [0, 0.05) is 39.6 Å². The number of methoxy groups -OCH3 is 1. The molecule has 0 unspecified atom stereocenters. The van der Waals surface area contributed by atoms with Crippen molar-refractivity contribution < 1.29 is 23.0 Å². The highest BCUT2D eigenvalue weighted by Gasteiger charge is 2.35. The Hall–Kier alpha value is -1.35. The molecule has 1 heterocycles. The first-order valence-electron chi connectivity index (χ1n) is 8.31. The molecule has 142 valence electrons. The van der Waals surface area contributed by atoms with Crippen LogP contribution in [0.15, 0.2) is 18.2 Å². The van der Waals surface area contributed by atoms with E-state index in [4.69, 9.17) is 9.47 Å². The summed E-state index contributed by atoms with van der Waals surface area (Å²) in [6.45, 7) is 4.05. The van der Waals surface area contributed by atoms with Gasteiger partial charge in [0.2, 0.25) is 10.0 Å². The molecule has 1 N–H and O–H groups in total. The highest BCUT2D eigenvalue weighted by molar-refractivity contribution is 7.89. The van der Waals surface area contributed by atoms with Gasteiger partial charge in [0.1, 0.15) is 6.61 Å². The molecule has 0 amide bonds. The Labute approximate surface area is 150 Å². The molecule has 7 nitrogen and oxygen atoms in total. The van der Waals surface area contributed by atoms with Crippen molar-refractivity contribution in [2.75, 3.05) is 53.2 Å². The van der Waals surface area contributed by atoms with Crippen molar-refractivity contribution in [3.05, 3.63) is 23.8 Å². The Morgan fingerprint density at radius 1 is 1.28 bits per heavy atom. The van der Waals surface area contributed by atoms with Gasteiger partial charge < -0.3 is 14.6 Å². The van der Waals surface area contributed by atoms with Gasteiger partial charge in [0.15, 0.2) is 11.5 Å². The molecule has 1 saturated heterocycles. The van der Waals surface area contributed by atoms with Gasteiger partial charge >= 0.3 is 0 Å². The van der Waals surface area contributed by atoms with E-state index in [-0.39, 0.29) is 11.7 Å². The van der Waals surface area contributed by atoms with Crippen LogP contribution in [0.3, 0.4) is 0 Å². The van der Waals surface area contributed by atoms with Crippen LogP contribution in [0.2, 0.25) is 0 Å². The minimum Gasteiger partial charge on any atom is -0.493 e. The van der Waals surface area contributed by atoms with Crippen molar-refractivity contribution in [2.45, 2.75) is 13.0 Å². The number of nitrogens with zero attached hydrogens (tertiary/aromatic N) is 2. The van der Waals surface area contributed by atoms with Gasteiger partial charge in [-0.3, -0.25) is 4.90 Å². The lowest BCUT2D eigenvalue weighted by Gasteiger charge is -2.18. The average Bonchev–Trinajstić information content (AvgIpc) is 2.87. The number of hydrogen-bond donors (Lipinski definition) is 1. The molecule has 1 fully saturated rings. The highest BCUT2D eigenvalue weighted by Crippen LogP contribution is 2.28. The molecule has 1 aromatic carbocycles. The van der Waals surface area contributed by atoms with E-state index in [2.05, 4.69) is 0 Å². The summed E-state index contributed by atoms with van der Waals surface area (Å²) in [7, 11) is 1.31. The number of aliphatic hydroxyl groups is 1. The summed E-state index contributed by atoms with van der Waals surface area (Å²) in [5.74, 6) is 1.06. The number of hydrogen-bond acceptors (Lipinski definition) is 6. The van der Waals surface area contributed by atoms with Crippen LogP contribution in [0.4, 0.5) is 0 Å². The van der Waals surface area contributed by atoms with Crippen LogP contribution >= 0.6 is 0 Å². The first-order valence-corrected chi connectivity index (χ1v) is 9.92. The van der Waals surface area contributed by atoms with Crippen molar-refractivity contribution in [3.63, 3.8) is 0 Å². The Kier molecular flexibility index (Phi) is 6.67. The SMILES string of the molecule is COc1cc(C)ccc1OCCN1C[C@@H](CS(=O)(=O)N(C)C)[C@H](O)C1. The molecule has 2 rings (SSSR count). The van der Waals surface area contributed by atoms with E-state index in [1.54, 1.807) is 7.11 Å². The molecule has 25 heavy (non-hydrogen) atoms. The Morgan fingerprint density at radius 3 is 2.64 bits per heavy atom. The molecule has 0 radical (unpaired) electrons. The maximum absolute atomic E-state index is 12.0. The third-order valence-electron chi connectivity index (χ3n) is 4.45. The smallest absolute Gasteiger partial charge is 0.214 e. The Balaban J connectivity index is 1.85. The second-order valence-electron chi connectivity index (χ2n) is 6.65. The number of β-amino-alcohol motifs (C(OH)–C–C–N with tert-alkyl or cyclic N) is 1. The third-order valence-corrected chi connectivity index (χ3v) is 6.41. The zero-order chi connectivity index (χ0) is 18.6. The topological polar surface area (TPSA) is 79.3 Å². The van der Waals surface area contributed by atoms with Crippen molar-refractivity contribution in [2.24, 2.45) is 5.92 Å². The lowest BCUT2D eigenvalue weighted by Crippen LogP contribution is -2.33. The normalized spacial score (nSPS) is 21.7. The highest BCUT2D eigenvalue weighted by atomic mass is 32.2. The van der Waals surface area contributed by atoms with Gasteiger partial charge in [0.05, 0.1) is 19.0 Å². The van der Waals surface area contributed by atoms with Crippen molar-refractivity contribution in [1.29, 1.82) is 0 Å². The maximum Gasteiger partial charge on any atom is 0.214 e. The van der Waals surface area contributed by atoms with E-state index >= 15 is 0 Å². The molecule has 0 spiro atoms. The molecule has 0 aliphatic carbocycles. The largest absolute Gasteiger partial charge is 0.493 e. The fraction of sp³-hybridized carbons (Fsp3) is 0.647. The monoisotopic (exact) mass is 372 g/mol. The van der Waals surface area contributed by atoms with Gasteiger partial charge in [-0.1, -0.05) is 6.07 Å². The zero-order valence-electron chi connectivity index (χ0n) is 15.3. The van der Waals surface area contributed by atoms with Gasteiger partial charge in [-0.25, -0.2) is 12.7 Å². The lowest BCUT2D eigenvalue weighted by atomic mass is 10.1. The van der Waals surface area contributed by atoms with Crippen LogP contribution in [-0.2, 0) is 10.0 Å². The number of rotatable bonds is 8. The van der Waals surface area contributed by atoms with E-state index in [1.807, 2.05) is 30.0 Å². The summed E-state index contributed by atoms with van der Waals surface area (Å²) in [5.41, 5.74) is 1.09. The lowest BCUT2D eigenvalue weighted by molar-refractivity contribution is 0.145. The summed E-state index contributed by atoms with van der Waals surface area (Å²) in [6.07, 6.45) is -0.636. The number of aryl methyl sites for hydroxylation is 1. The number of ether oxygens (including phenoxy) is 2. The van der Waals surface area contributed by atoms with Crippen molar-refractivity contribution in [3.8, 4) is 11.5 Å². The van der Waals surface area contributed by atoms with Gasteiger partial charge in [-0.15, -0.1) is 0 Å². The van der Waals surface area contributed by atoms with Gasteiger partial charge in [-0.2, -0.15) is 0 Å². The molecule has 8 heteroatoms. The van der Waals surface area contributed by atoms with Gasteiger partial charge in [0.25, 0.3) is 0 Å². The summed E-state index contributed by atoms with van der Waals surface area (Å²) < 4.78 is 36.3. The quantitative estimate of drug-likeness (QED) is 0.719. The minimum atomic E-state index is -3.32. The molecule has 0 aromatic heterocycles. The number of likely N-dealkylation sites (tertiary alicyclic amines) is 1. The van der Waals surface area contributed by atoms with Crippen LogP contribution in [0.5, 0.6) is 11.5 Å². The Morgan fingerprint density at radius 2 is 2.00 bits per heavy atom. The summed E-state index contributed by atoms with van der Waals surface area (Å²) in [4.78, 5) is 2.03. The summed E-state index contributed by atoms with van der Waals surface area (Å²) >= 11 is 0. The second kappa shape index (κ2) is 8.35. The van der Waals surface area contributed by atoms with Crippen LogP contribution < -0.4 is 9.47 Å². The summed E-state index contributed by atoms with van der Waals surface area (Å²) in [5, 5.41) is 10.1. The second-order valence-corrected chi connectivity index (χ2v) is 8.88. The van der Waals surface area contributed by atoms with Crippen LogP contribution in [0.25, 0.3) is 0 Å². The fourth-order valence-corrected chi connectivity index (χ4v) is 4.05. The molecule has 1 aliphatic rings. The van der Waals surface area contributed by atoms with E-state index in [1.165, 1.54) is 18.4 Å². The molecule has 1 aliphatic heterocycles. The standard InChI is InChI=1S/C17H28N2O5S/c1-13-5-6-16(17(9-13)23-4)24-8-7-19-10-14(15(20)11-19)12-25(21,22)18(2)3/h5-6,9,14-15,20H,7-8,10-12H2,1-4H3/t14-,15+/m0/s1. The van der Waals surface area contributed by atoms with Crippen LogP contribution in [0, 0.1) is 12.8 Å². The maximum atomic E-state index is 12.0. The van der Waals surface area contributed by atoms with Gasteiger partial charge in [-0.05, 0) is 24.6 Å². The molecule has 2 atom stereocenters. The van der Waals surface area contributed by atoms with E-state index in [9.17, 15) is 13.5 Å². The molecule has 0 saturated carbocycles. The molecule has 1 aromatic rings. The first-order chi connectivity index (χ1) is 11.7. The van der Waals surface area contributed by atoms with Crippen LogP contribution in [0.1, 0.15) is 5.56 Å². The zero-order valence-corrected chi connectivity index (χ0v) is 16.1. The van der Waals surface area contributed by atoms with E-state index in [0.29, 0.717) is 37.7 Å². The number of benzene rings is 1. The third kappa shape index (κ3) is 5.31. The fourth-order valence-electron chi connectivity index (χ4n) is 2.89. The predicted molar refractivity (Wildman–Crippen MR) is 96.6 cm³/mol. The summed E-state index contributed by atoms with van der Waals surface area (Å²) in [6, 6.07) is 5.75. The molecule has 0 bridgehead atoms. The molecular formula is C17H28N2O5S. The number of aliphatic hydroxyl groups excluding tert-OH is 1. The number of sulfonamides is 1. The first kappa shape index (κ1) is 20.0. The Bertz CT molecular complexity index is 678. The van der Waals surface area contributed by atoms with Crippen molar-refractivity contribution in [1.82, 2.24) is 9.21 Å². The van der Waals surface area contributed by atoms with E-state index < -0.39 is 16.1 Å². The average molecular weight is 372 g/mol.